The van der Waals surface area contributed by atoms with Crippen LogP contribution in [0.5, 0.6) is 0 Å². The zero-order valence-electron chi connectivity index (χ0n) is 19.6. The van der Waals surface area contributed by atoms with E-state index in [0.717, 1.165) is 21.2 Å². The molecular formula is C27H33BrO3. The van der Waals surface area contributed by atoms with E-state index in [9.17, 15) is 9.59 Å². The first kappa shape index (κ1) is 23.7. The summed E-state index contributed by atoms with van der Waals surface area (Å²) in [6.07, 6.45) is 8.20. The summed E-state index contributed by atoms with van der Waals surface area (Å²) in [6, 6.07) is 8.10. The van der Waals surface area contributed by atoms with Crippen molar-refractivity contribution in [3.8, 4) is 0 Å². The summed E-state index contributed by atoms with van der Waals surface area (Å²) < 4.78 is 6.48. The number of carbonyl (C=O) groups is 2. The number of hydrogen-bond acceptors (Lipinski definition) is 3. The van der Waals surface area contributed by atoms with Gasteiger partial charge in [-0.2, -0.15) is 0 Å². The Morgan fingerprint density at radius 2 is 1.55 bits per heavy atom. The molecule has 3 nitrogen and oxygen atoms in total. The fraction of sp³-hybridized carbons (Fsp3) is 0.481. The van der Waals surface area contributed by atoms with Crippen LogP contribution in [0.15, 0.2) is 64.2 Å². The lowest BCUT2D eigenvalue weighted by Crippen LogP contribution is -2.41. The first-order valence-electron chi connectivity index (χ1n) is 10.9. The molecule has 0 unspecified atom stereocenters. The third-order valence-corrected chi connectivity index (χ3v) is 6.97. The maximum atomic E-state index is 13.6. The highest BCUT2D eigenvalue weighted by atomic mass is 79.9. The van der Waals surface area contributed by atoms with E-state index in [2.05, 4.69) is 81.8 Å². The molecule has 0 amide bonds. The molecule has 1 aromatic carbocycles. The lowest BCUT2D eigenvalue weighted by molar-refractivity contribution is -0.148. The third kappa shape index (κ3) is 4.24. The monoisotopic (exact) mass is 484 g/mol. The molecule has 1 aromatic rings. The molecule has 2 atom stereocenters. The fourth-order valence-corrected chi connectivity index (χ4v) is 5.19. The van der Waals surface area contributed by atoms with Gasteiger partial charge in [-0.25, -0.2) is 0 Å². The number of hydrogen-bond donors (Lipinski definition) is 0. The standard InChI is InChI=1S/C27H33BrO3/c1-8-31-24(30)19-14-13-18(17-11-9-10-12-22(17)28)27(19)15-20(25(2,3)4)23(29)21(16-27)26(5,6)7/h9-16,18-19H,8H2,1-7H3/t18-,19+/m0/s1. The van der Waals surface area contributed by atoms with Crippen LogP contribution in [0.1, 0.15) is 59.9 Å². The second-order valence-corrected chi connectivity index (χ2v) is 11.4. The predicted octanol–water partition coefficient (Wildman–Crippen LogP) is 6.80. The first-order chi connectivity index (χ1) is 14.3. The van der Waals surface area contributed by atoms with Crippen molar-refractivity contribution in [3.63, 3.8) is 0 Å². The van der Waals surface area contributed by atoms with Gasteiger partial charge in [0.1, 0.15) is 0 Å². The van der Waals surface area contributed by atoms with Gasteiger partial charge >= 0.3 is 5.97 Å². The molecule has 0 aromatic heterocycles. The quantitative estimate of drug-likeness (QED) is 0.350. The van der Waals surface area contributed by atoms with Crippen LogP contribution in [0.3, 0.4) is 0 Å². The third-order valence-electron chi connectivity index (χ3n) is 6.25. The molecule has 0 aliphatic heterocycles. The Labute approximate surface area is 194 Å². The normalized spacial score (nSPS) is 23.0. The predicted molar refractivity (Wildman–Crippen MR) is 129 cm³/mol. The van der Waals surface area contributed by atoms with E-state index in [0.29, 0.717) is 6.61 Å². The topological polar surface area (TPSA) is 43.4 Å². The van der Waals surface area contributed by atoms with Crippen molar-refractivity contribution in [1.29, 1.82) is 0 Å². The highest BCUT2D eigenvalue weighted by Gasteiger charge is 2.53. The van der Waals surface area contributed by atoms with Gasteiger partial charge < -0.3 is 4.74 Å². The molecule has 1 spiro atoms. The van der Waals surface area contributed by atoms with Crippen LogP contribution in [0.25, 0.3) is 0 Å². The Hall–Kier alpha value is -1.94. The SMILES string of the molecule is CCOC(=O)[C@H]1C=C[C@@H](c2ccccc2Br)C12C=C(C(C)(C)C)C(=O)C(C(C)(C)C)=C2. The van der Waals surface area contributed by atoms with Crippen molar-refractivity contribution in [3.05, 3.63) is 69.8 Å². The molecule has 0 heterocycles. The second-order valence-electron chi connectivity index (χ2n) is 10.6. The minimum atomic E-state index is -0.699. The lowest BCUT2D eigenvalue weighted by atomic mass is 9.59. The summed E-state index contributed by atoms with van der Waals surface area (Å²) in [4.78, 5) is 26.7. The summed E-state index contributed by atoms with van der Waals surface area (Å²) in [5.41, 5.74) is 1.21. The highest BCUT2D eigenvalue weighted by molar-refractivity contribution is 9.10. The molecule has 2 aliphatic rings. The van der Waals surface area contributed by atoms with Gasteiger partial charge in [0.25, 0.3) is 0 Å². The first-order valence-corrected chi connectivity index (χ1v) is 11.7. The van der Waals surface area contributed by atoms with E-state index in [1.54, 1.807) is 0 Å². The molecule has 3 rings (SSSR count). The summed E-state index contributed by atoms with van der Waals surface area (Å²) in [5.74, 6) is -0.768. The van der Waals surface area contributed by atoms with Crippen molar-refractivity contribution >= 4 is 27.7 Å². The largest absolute Gasteiger partial charge is 0.466 e. The molecule has 0 fully saturated rings. The van der Waals surface area contributed by atoms with Crippen LogP contribution >= 0.6 is 15.9 Å². The molecule has 0 N–H and O–H groups in total. The van der Waals surface area contributed by atoms with Gasteiger partial charge in [-0.3, -0.25) is 9.59 Å². The van der Waals surface area contributed by atoms with Gasteiger partial charge in [-0.1, -0.05) is 100.0 Å². The van der Waals surface area contributed by atoms with Gasteiger partial charge in [-0.15, -0.1) is 0 Å². The highest BCUT2D eigenvalue weighted by Crippen LogP contribution is 2.57. The second kappa shape index (κ2) is 8.20. The number of esters is 1. The number of carbonyl (C=O) groups excluding carboxylic acids is 2. The van der Waals surface area contributed by atoms with Crippen molar-refractivity contribution in [2.75, 3.05) is 6.61 Å². The molecular weight excluding hydrogens is 452 g/mol. The van der Waals surface area contributed by atoms with Crippen LogP contribution in [0.2, 0.25) is 0 Å². The minimum Gasteiger partial charge on any atom is -0.466 e. The van der Waals surface area contributed by atoms with Crippen molar-refractivity contribution in [2.45, 2.75) is 54.4 Å². The minimum absolute atomic E-state index is 0.0750. The van der Waals surface area contributed by atoms with E-state index in [1.807, 2.05) is 31.2 Å². The van der Waals surface area contributed by atoms with E-state index >= 15 is 0 Å². The van der Waals surface area contributed by atoms with Crippen LogP contribution in [0.4, 0.5) is 0 Å². The van der Waals surface area contributed by atoms with Gasteiger partial charge in [0, 0.05) is 27.0 Å². The lowest BCUT2D eigenvalue weighted by Gasteiger charge is -2.43. The summed E-state index contributed by atoms with van der Waals surface area (Å²) >= 11 is 3.71. The van der Waals surface area contributed by atoms with Gasteiger partial charge in [0.15, 0.2) is 5.78 Å². The van der Waals surface area contributed by atoms with Gasteiger partial charge in [0.2, 0.25) is 0 Å². The maximum Gasteiger partial charge on any atom is 0.314 e. The number of rotatable bonds is 3. The smallest absolute Gasteiger partial charge is 0.314 e. The average Bonchev–Trinajstić information content (AvgIpc) is 3.00. The van der Waals surface area contributed by atoms with Gasteiger partial charge in [-0.05, 0) is 29.4 Å². The Morgan fingerprint density at radius 3 is 2.03 bits per heavy atom. The fourth-order valence-electron chi connectivity index (χ4n) is 4.66. The number of allylic oxidation sites excluding steroid dienone is 5. The number of ether oxygens (including phenoxy) is 1. The van der Waals surface area contributed by atoms with Crippen molar-refractivity contribution in [1.82, 2.24) is 0 Å². The molecule has 166 valence electrons. The van der Waals surface area contributed by atoms with Crippen molar-refractivity contribution < 1.29 is 14.3 Å². The van der Waals surface area contributed by atoms with Gasteiger partial charge in [0.05, 0.1) is 12.5 Å². The summed E-state index contributed by atoms with van der Waals surface area (Å²) in [5, 5.41) is 0. The van der Waals surface area contributed by atoms with E-state index in [4.69, 9.17) is 4.74 Å². The average molecular weight is 485 g/mol. The number of Topliss-reactive ketones (excluding diaryl/α,β-unsaturated/α-hetero) is 1. The zero-order chi connectivity index (χ0) is 23.2. The van der Waals surface area contributed by atoms with Crippen LogP contribution < -0.4 is 0 Å². The van der Waals surface area contributed by atoms with E-state index in [-0.39, 0.29) is 28.5 Å². The molecule has 0 saturated carbocycles. The molecule has 4 heteroatoms. The van der Waals surface area contributed by atoms with E-state index in [1.165, 1.54) is 0 Å². The molecule has 0 saturated heterocycles. The molecule has 31 heavy (non-hydrogen) atoms. The summed E-state index contributed by atoms with van der Waals surface area (Å²) in [7, 11) is 0. The molecule has 2 aliphatic carbocycles. The van der Waals surface area contributed by atoms with Crippen LogP contribution in [-0.2, 0) is 14.3 Å². The Bertz CT molecular complexity index is 948. The van der Waals surface area contributed by atoms with Crippen LogP contribution in [-0.4, -0.2) is 18.4 Å². The number of halogens is 1. The Balaban J connectivity index is 2.34. The number of ketones is 1. The Morgan fingerprint density at radius 1 is 1.00 bits per heavy atom. The van der Waals surface area contributed by atoms with Crippen LogP contribution in [0, 0.1) is 22.2 Å². The Kier molecular flexibility index (Phi) is 6.27. The maximum absolute atomic E-state index is 13.6. The summed E-state index contributed by atoms with van der Waals surface area (Å²) in [6.45, 7) is 14.5. The van der Waals surface area contributed by atoms with Crippen molar-refractivity contribution in [2.24, 2.45) is 22.2 Å². The zero-order valence-corrected chi connectivity index (χ0v) is 21.2. The molecule has 0 radical (unpaired) electrons. The molecule has 0 bridgehead atoms. The number of benzene rings is 1. The van der Waals surface area contributed by atoms with E-state index < -0.39 is 11.3 Å².